The molecule has 32 heavy (non-hydrogen) atoms. The number of H-pyrrole nitrogens is 1. The zero-order valence-electron chi connectivity index (χ0n) is 18.7. The highest BCUT2D eigenvalue weighted by Crippen LogP contribution is 2.31. The molecule has 0 amide bonds. The average Bonchev–Trinajstić information content (AvgIpc) is 3.48. The smallest absolute Gasteiger partial charge is 0.253 e. The number of nitrogens with one attached hydrogen (secondary N) is 1. The van der Waals surface area contributed by atoms with Gasteiger partial charge in [-0.15, -0.1) is 5.10 Å². The summed E-state index contributed by atoms with van der Waals surface area (Å²) >= 11 is 0. The number of aromatic nitrogens is 5. The lowest BCUT2D eigenvalue weighted by molar-refractivity contribution is 0.0894. The van der Waals surface area contributed by atoms with Gasteiger partial charge in [-0.3, -0.25) is 9.69 Å². The lowest BCUT2D eigenvalue weighted by atomic mass is 9.95. The average molecular weight is 439 g/mol. The highest BCUT2D eigenvalue weighted by atomic mass is 16.5. The quantitative estimate of drug-likeness (QED) is 0.631. The molecule has 2 saturated heterocycles. The van der Waals surface area contributed by atoms with Crippen molar-refractivity contribution in [3.8, 4) is 5.75 Å². The van der Waals surface area contributed by atoms with E-state index < -0.39 is 0 Å². The summed E-state index contributed by atoms with van der Waals surface area (Å²) in [6, 6.07) is 7.31. The summed E-state index contributed by atoms with van der Waals surface area (Å²) in [7, 11) is 1.64. The number of likely N-dealkylation sites (tertiary alicyclic amines) is 1. The van der Waals surface area contributed by atoms with Crippen LogP contribution in [0.2, 0.25) is 0 Å². The predicted molar refractivity (Wildman–Crippen MR) is 120 cm³/mol. The van der Waals surface area contributed by atoms with Gasteiger partial charge in [0.1, 0.15) is 11.8 Å². The third-order valence-corrected chi connectivity index (χ3v) is 6.76. The number of methoxy groups -OCH3 is 1. The molecule has 2 aromatic heterocycles. The normalized spacial score (nSPS) is 21.2. The van der Waals surface area contributed by atoms with Gasteiger partial charge in [-0.25, -0.2) is 4.68 Å². The van der Waals surface area contributed by atoms with Crippen molar-refractivity contribution in [2.45, 2.75) is 51.3 Å². The first-order chi connectivity index (χ1) is 15.6. The molecule has 2 fully saturated rings. The standard InChI is InChI=1S/C23H30N6O3/c1-15-7-9-28(10-8-15)21(22-25-26-27-29(22)14-18-4-3-11-32-18)19-13-16-12-17(31-2)5-6-20(16)24-23(19)30/h5-6,12-13,15,18,21H,3-4,7-11,14H2,1-2H3,(H,24,30). The van der Waals surface area contributed by atoms with Gasteiger partial charge in [0.15, 0.2) is 5.82 Å². The van der Waals surface area contributed by atoms with Crippen molar-refractivity contribution in [1.82, 2.24) is 30.1 Å². The van der Waals surface area contributed by atoms with Gasteiger partial charge in [0.25, 0.3) is 5.56 Å². The lowest BCUT2D eigenvalue weighted by Crippen LogP contribution is -2.40. The summed E-state index contributed by atoms with van der Waals surface area (Å²) in [5.41, 5.74) is 1.33. The number of ether oxygens (including phenoxy) is 2. The summed E-state index contributed by atoms with van der Waals surface area (Å²) in [5.74, 6) is 2.12. The van der Waals surface area contributed by atoms with Crippen LogP contribution in [0.1, 0.15) is 50.0 Å². The number of pyridine rings is 1. The molecule has 0 bridgehead atoms. The summed E-state index contributed by atoms with van der Waals surface area (Å²) < 4.78 is 13.0. The maximum absolute atomic E-state index is 13.3. The second-order valence-electron chi connectivity index (χ2n) is 8.98. The number of hydrogen-bond acceptors (Lipinski definition) is 7. The van der Waals surface area contributed by atoms with Crippen LogP contribution in [-0.2, 0) is 11.3 Å². The number of rotatable bonds is 6. The van der Waals surface area contributed by atoms with E-state index in [1.807, 2.05) is 28.9 Å². The van der Waals surface area contributed by atoms with Crippen LogP contribution in [0, 0.1) is 5.92 Å². The second-order valence-corrected chi connectivity index (χ2v) is 8.98. The molecular weight excluding hydrogens is 408 g/mol. The zero-order chi connectivity index (χ0) is 22.1. The topological polar surface area (TPSA) is 98.2 Å². The van der Waals surface area contributed by atoms with Gasteiger partial charge in [-0.1, -0.05) is 6.92 Å². The molecule has 2 aliphatic rings. The highest BCUT2D eigenvalue weighted by molar-refractivity contribution is 5.80. The molecule has 0 aliphatic carbocycles. The van der Waals surface area contributed by atoms with Gasteiger partial charge in [0.2, 0.25) is 0 Å². The third-order valence-electron chi connectivity index (χ3n) is 6.76. The van der Waals surface area contributed by atoms with Crippen molar-refractivity contribution in [3.63, 3.8) is 0 Å². The first-order valence-corrected chi connectivity index (χ1v) is 11.4. The van der Waals surface area contributed by atoms with E-state index in [4.69, 9.17) is 9.47 Å². The molecule has 0 radical (unpaired) electrons. The van der Waals surface area contributed by atoms with Crippen LogP contribution in [0.25, 0.3) is 10.9 Å². The minimum absolute atomic E-state index is 0.110. The Hall–Kier alpha value is -2.78. The molecule has 1 aromatic carbocycles. The Labute approximate surface area is 186 Å². The van der Waals surface area contributed by atoms with Gasteiger partial charge >= 0.3 is 0 Å². The van der Waals surface area contributed by atoms with Crippen molar-refractivity contribution < 1.29 is 9.47 Å². The molecule has 2 atom stereocenters. The molecule has 170 valence electrons. The van der Waals surface area contributed by atoms with Gasteiger partial charge < -0.3 is 14.5 Å². The minimum Gasteiger partial charge on any atom is -0.497 e. The molecule has 1 N–H and O–H groups in total. The van der Waals surface area contributed by atoms with E-state index in [1.54, 1.807) is 7.11 Å². The van der Waals surface area contributed by atoms with E-state index in [0.717, 1.165) is 62.0 Å². The molecule has 0 saturated carbocycles. The van der Waals surface area contributed by atoms with Crippen molar-refractivity contribution in [2.75, 3.05) is 26.8 Å². The maximum atomic E-state index is 13.3. The fourth-order valence-corrected chi connectivity index (χ4v) is 4.84. The molecule has 9 nitrogen and oxygen atoms in total. The van der Waals surface area contributed by atoms with Gasteiger partial charge in [-0.05, 0) is 79.4 Å². The number of aromatic amines is 1. The van der Waals surface area contributed by atoms with Crippen molar-refractivity contribution in [2.24, 2.45) is 5.92 Å². The highest BCUT2D eigenvalue weighted by Gasteiger charge is 2.33. The van der Waals surface area contributed by atoms with Crippen LogP contribution in [0.5, 0.6) is 5.75 Å². The molecule has 4 heterocycles. The number of benzene rings is 1. The predicted octanol–water partition coefficient (Wildman–Crippen LogP) is 2.52. The monoisotopic (exact) mass is 438 g/mol. The minimum atomic E-state index is -0.321. The Morgan fingerprint density at radius 3 is 2.84 bits per heavy atom. The number of tetrazole rings is 1. The van der Waals surface area contributed by atoms with Gasteiger partial charge in [0, 0.05) is 23.1 Å². The number of hydrogen-bond donors (Lipinski definition) is 1. The summed E-state index contributed by atoms with van der Waals surface area (Å²) in [5, 5.41) is 13.6. The Morgan fingerprint density at radius 2 is 2.09 bits per heavy atom. The number of piperidine rings is 1. The fraction of sp³-hybridized carbons (Fsp3) is 0.565. The first kappa shape index (κ1) is 21.1. The fourth-order valence-electron chi connectivity index (χ4n) is 4.84. The molecule has 0 spiro atoms. The first-order valence-electron chi connectivity index (χ1n) is 11.4. The Bertz CT molecular complexity index is 1130. The van der Waals surface area contributed by atoms with Crippen LogP contribution in [0.15, 0.2) is 29.1 Å². The van der Waals surface area contributed by atoms with Crippen LogP contribution in [0.3, 0.4) is 0 Å². The second kappa shape index (κ2) is 8.99. The third kappa shape index (κ3) is 4.14. The van der Waals surface area contributed by atoms with Crippen LogP contribution < -0.4 is 10.3 Å². The van der Waals surface area contributed by atoms with E-state index in [9.17, 15) is 4.79 Å². The Morgan fingerprint density at radius 1 is 1.25 bits per heavy atom. The maximum Gasteiger partial charge on any atom is 0.253 e. The van der Waals surface area contributed by atoms with E-state index in [1.165, 1.54) is 0 Å². The van der Waals surface area contributed by atoms with E-state index in [2.05, 4.69) is 32.3 Å². The zero-order valence-corrected chi connectivity index (χ0v) is 18.7. The number of fused-ring (bicyclic) bond motifs is 1. The van der Waals surface area contributed by atoms with E-state index >= 15 is 0 Å². The Balaban J connectivity index is 1.59. The van der Waals surface area contributed by atoms with Crippen molar-refractivity contribution >= 4 is 10.9 Å². The molecule has 2 aliphatic heterocycles. The summed E-state index contributed by atoms with van der Waals surface area (Å²) in [6.45, 7) is 5.45. The largest absolute Gasteiger partial charge is 0.497 e. The van der Waals surface area contributed by atoms with Crippen LogP contribution in [0.4, 0.5) is 0 Å². The summed E-state index contributed by atoms with van der Waals surface area (Å²) in [4.78, 5) is 18.7. The molecule has 9 heteroatoms. The molecule has 5 rings (SSSR count). The van der Waals surface area contributed by atoms with E-state index in [-0.39, 0.29) is 17.7 Å². The van der Waals surface area contributed by atoms with Gasteiger partial charge in [-0.2, -0.15) is 0 Å². The van der Waals surface area contributed by atoms with Gasteiger partial charge in [0.05, 0.1) is 19.8 Å². The van der Waals surface area contributed by atoms with Crippen LogP contribution in [-0.4, -0.2) is 63.0 Å². The SMILES string of the molecule is COc1ccc2[nH]c(=O)c(C(c3nnnn3CC3CCCO3)N3CCC(C)CC3)cc2c1. The molecular formula is C23H30N6O3. The molecule has 3 aromatic rings. The summed E-state index contributed by atoms with van der Waals surface area (Å²) in [6.07, 6.45) is 4.34. The van der Waals surface area contributed by atoms with Crippen LogP contribution >= 0.6 is 0 Å². The molecule has 2 unspecified atom stereocenters. The van der Waals surface area contributed by atoms with E-state index in [0.29, 0.717) is 23.9 Å². The van der Waals surface area contributed by atoms with Crippen molar-refractivity contribution in [3.05, 3.63) is 46.0 Å². The Kier molecular flexibility index (Phi) is 5.93. The van der Waals surface area contributed by atoms with Crippen molar-refractivity contribution in [1.29, 1.82) is 0 Å². The lowest BCUT2D eigenvalue weighted by Gasteiger charge is -2.36. The number of nitrogens with zero attached hydrogens (tertiary/aromatic N) is 5.